The van der Waals surface area contributed by atoms with Gasteiger partial charge in [-0.15, -0.1) is 6.58 Å². The first-order chi connectivity index (χ1) is 7.74. The smallest absolute Gasteiger partial charge is 0.131 e. The van der Waals surface area contributed by atoms with E-state index in [0.717, 1.165) is 5.56 Å². The maximum Gasteiger partial charge on any atom is 0.131 e. The molecule has 0 amide bonds. The summed E-state index contributed by atoms with van der Waals surface area (Å²) in [7, 11) is 0. The van der Waals surface area contributed by atoms with Crippen LogP contribution in [0.3, 0.4) is 0 Å². The number of halogens is 1. The third kappa shape index (κ3) is 1.82. The molecule has 0 aliphatic heterocycles. The normalized spacial score (nSPS) is 10.3. The van der Waals surface area contributed by atoms with Crippen molar-refractivity contribution in [2.75, 3.05) is 5.73 Å². The summed E-state index contributed by atoms with van der Waals surface area (Å²) in [5.74, 6) is 0.605. The van der Waals surface area contributed by atoms with Crippen LogP contribution in [0.5, 0.6) is 0 Å². The van der Waals surface area contributed by atoms with E-state index in [1.165, 1.54) is 0 Å². The molecule has 4 heteroatoms. The van der Waals surface area contributed by atoms with Crippen LogP contribution < -0.4 is 5.73 Å². The number of rotatable bonds is 3. The molecule has 0 atom stereocenters. The van der Waals surface area contributed by atoms with Gasteiger partial charge in [0.2, 0.25) is 0 Å². The summed E-state index contributed by atoms with van der Waals surface area (Å²) < 4.78 is 1.83. The molecular formula is C12H12ClN3. The molecule has 82 valence electrons. The van der Waals surface area contributed by atoms with Crippen molar-refractivity contribution in [3.8, 4) is 11.3 Å². The van der Waals surface area contributed by atoms with Gasteiger partial charge in [0.05, 0.1) is 11.3 Å². The molecule has 0 unspecified atom stereocenters. The van der Waals surface area contributed by atoms with E-state index in [4.69, 9.17) is 17.3 Å². The van der Waals surface area contributed by atoms with E-state index in [-0.39, 0.29) is 0 Å². The fraction of sp³-hybridized carbons (Fsp3) is 0.0833. The Labute approximate surface area is 99.2 Å². The zero-order chi connectivity index (χ0) is 11.5. The van der Waals surface area contributed by atoms with Gasteiger partial charge in [-0.2, -0.15) is 0 Å². The molecule has 16 heavy (non-hydrogen) atoms. The van der Waals surface area contributed by atoms with Gasteiger partial charge in [0.25, 0.3) is 0 Å². The Hall–Kier alpha value is -1.74. The highest BCUT2D eigenvalue weighted by molar-refractivity contribution is 6.33. The molecule has 2 N–H and O–H groups in total. The molecule has 2 rings (SSSR count). The van der Waals surface area contributed by atoms with Crippen LogP contribution >= 0.6 is 11.6 Å². The summed E-state index contributed by atoms with van der Waals surface area (Å²) in [5.41, 5.74) is 7.55. The number of nitrogen functional groups attached to an aromatic ring is 1. The molecule has 3 nitrogen and oxygen atoms in total. The number of hydrogen-bond donors (Lipinski definition) is 1. The minimum Gasteiger partial charge on any atom is -0.383 e. The predicted molar refractivity (Wildman–Crippen MR) is 67.3 cm³/mol. The van der Waals surface area contributed by atoms with Crippen LogP contribution in [-0.4, -0.2) is 9.55 Å². The van der Waals surface area contributed by atoms with Crippen molar-refractivity contribution < 1.29 is 0 Å². The van der Waals surface area contributed by atoms with Crippen LogP contribution in [0.4, 0.5) is 5.82 Å². The Kier molecular flexibility index (Phi) is 2.97. The maximum atomic E-state index is 6.09. The van der Waals surface area contributed by atoms with Gasteiger partial charge >= 0.3 is 0 Å². The van der Waals surface area contributed by atoms with Crippen LogP contribution in [0.1, 0.15) is 0 Å². The van der Waals surface area contributed by atoms with Crippen molar-refractivity contribution >= 4 is 17.4 Å². The van der Waals surface area contributed by atoms with Crippen LogP contribution in [-0.2, 0) is 6.54 Å². The molecule has 0 spiro atoms. The first kappa shape index (κ1) is 10.8. The van der Waals surface area contributed by atoms with Gasteiger partial charge in [0.15, 0.2) is 0 Å². The van der Waals surface area contributed by atoms with Crippen LogP contribution in [0.2, 0.25) is 5.02 Å². The van der Waals surface area contributed by atoms with Gasteiger partial charge in [-0.25, -0.2) is 4.98 Å². The third-order valence-electron chi connectivity index (χ3n) is 2.33. The number of nitrogens with zero attached hydrogens (tertiary/aromatic N) is 2. The molecule has 1 heterocycles. The standard InChI is InChI=1S/C12H12ClN3/c1-2-7-16-8-15-11(12(16)14)9-5-3-4-6-10(9)13/h2-6,8H,1,7,14H2. The fourth-order valence-corrected chi connectivity index (χ4v) is 1.76. The zero-order valence-electron chi connectivity index (χ0n) is 8.73. The van der Waals surface area contributed by atoms with Crippen molar-refractivity contribution in [2.45, 2.75) is 6.54 Å². The van der Waals surface area contributed by atoms with Crippen LogP contribution in [0.15, 0.2) is 43.2 Å². The minimum atomic E-state index is 0.605. The zero-order valence-corrected chi connectivity index (χ0v) is 9.48. The highest BCUT2D eigenvalue weighted by Crippen LogP contribution is 2.30. The Morgan fingerprint density at radius 1 is 1.44 bits per heavy atom. The van der Waals surface area contributed by atoms with E-state index in [9.17, 15) is 0 Å². The summed E-state index contributed by atoms with van der Waals surface area (Å²) in [5, 5.41) is 0.651. The Balaban J connectivity index is 2.49. The Bertz CT molecular complexity index is 517. The number of anilines is 1. The number of imidazole rings is 1. The number of nitrogens with two attached hydrogens (primary N) is 1. The number of benzene rings is 1. The molecule has 0 aliphatic rings. The second-order valence-corrected chi connectivity index (χ2v) is 3.81. The summed E-state index contributed by atoms with van der Waals surface area (Å²) in [6, 6.07) is 7.51. The molecular weight excluding hydrogens is 222 g/mol. The molecule has 0 bridgehead atoms. The first-order valence-corrected chi connectivity index (χ1v) is 5.28. The van der Waals surface area contributed by atoms with Crippen molar-refractivity contribution in [2.24, 2.45) is 0 Å². The lowest BCUT2D eigenvalue weighted by Gasteiger charge is -2.04. The van der Waals surface area contributed by atoms with Crippen molar-refractivity contribution in [3.63, 3.8) is 0 Å². The van der Waals surface area contributed by atoms with Gasteiger partial charge < -0.3 is 10.3 Å². The lowest BCUT2D eigenvalue weighted by atomic mass is 10.1. The Morgan fingerprint density at radius 2 is 2.19 bits per heavy atom. The molecule has 1 aromatic heterocycles. The molecule has 0 fully saturated rings. The molecule has 2 aromatic rings. The summed E-state index contributed by atoms with van der Waals surface area (Å²) in [6.07, 6.45) is 3.46. The lowest BCUT2D eigenvalue weighted by molar-refractivity contribution is 0.833. The van der Waals surface area contributed by atoms with Crippen LogP contribution in [0, 0.1) is 0 Å². The summed E-state index contributed by atoms with van der Waals surface area (Å²) >= 11 is 6.09. The van der Waals surface area contributed by atoms with Gasteiger partial charge in [0.1, 0.15) is 11.5 Å². The number of allylic oxidation sites excluding steroid dienone is 1. The second-order valence-electron chi connectivity index (χ2n) is 3.40. The van der Waals surface area contributed by atoms with E-state index < -0.39 is 0 Å². The second kappa shape index (κ2) is 4.41. The average molecular weight is 234 g/mol. The quantitative estimate of drug-likeness (QED) is 0.829. The molecule has 0 radical (unpaired) electrons. The molecule has 0 saturated heterocycles. The molecule has 0 saturated carbocycles. The van der Waals surface area contributed by atoms with Gasteiger partial charge in [0, 0.05) is 12.1 Å². The molecule has 0 aliphatic carbocycles. The van der Waals surface area contributed by atoms with Crippen molar-refractivity contribution in [1.29, 1.82) is 0 Å². The number of aromatic nitrogens is 2. The third-order valence-corrected chi connectivity index (χ3v) is 2.66. The number of hydrogen-bond acceptors (Lipinski definition) is 2. The summed E-state index contributed by atoms with van der Waals surface area (Å²) in [4.78, 5) is 4.27. The lowest BCUT2D eigenvalue weighted by Crippen LogP contribution is -2.00. The summed E-state index contributed by atoms with van der Waals surface area (Å²) in [6.45, 7) is 4.31. The Morgan fingerprint density at radius 3 is 2.88 bits per heavy atom. The van der Waals surface area contributed by atoms with Gasteiger partial charge in [-0.05, 0) is 6.07 Å². The minimum absolute atomic E-state index is 0.605. The fourth-order valence-electron chi connectivity index (χ4n) is 1.54. The highest BCUT2D eigenvalue weighted by Gasteiger charge is 2.11. The van der Waals surface area contributed by atoms with E-state index in [1.807, 2.05) is 28.8 Å². The maximum absolute atomic E-state index is 6.09. The van der Waals surface area contributed by atoms with Crippen molar-refractivity contribution in [1.82, 2.24) is 9.55 Å². The SMILES string of the molecule is C=CCn1cnc(-c2ccccc2Cl)c1N. The highest BCUT2D eigenvalue weighted by atomic mass is 35.5. The van der Waals surface area contributed by atoms with E-state index in [1.54, 1.807) is 12.4 Å². The van der Waals surface area contributed by atoms with Crippen molar-refractivity contribution in [3.05, 3.63) is 48.3 Å². The van der Waals surface area contributed by atoms with Gasteiger partial charge in [-0.3, -0.25) is 0 Å². The monoisotopic (exact) mass is 233 g/mol. The predicted octanol–water partition coefficient (Wildman–Crippen LogP) is 2.97. The van der Waals surface area contributed by atoms with E-state index in [0.29, 0.717) is 23.1 Å². The largest absolute Gasteiger partial charge is 0.383 e. The van der Waals surface area contributed by atoms with Crippen LogP contribution in [0.25, 0.3) is 11.3 Å². The van der Waals surface area contributed by atoms with Gasteiger partial charge in [-0.1, -0.05) is 35.9 Å². The van der Waals surface area contributed by atoms with E-state index in [2.05, 4.69) is 11.6 Å². The molecule has 1 aromatic carbocycles. The topological polar surface area (TPSA) is 43.8 Å². The average Bonchev–Trinajstić information content (AvgIpc) is 2.62. The first-order valence-electron chi connectivity index (χ1n) is 4.90. The van der Waals surface area contributed by atoms with E-state index >= 15 is 0 Å².